The van der Waals surface area contributed by atoms with Gasteiger partial charge in [0.25, 0.3) is 5.91 Å². The molecule has 1 amide bonds. The number of aromatic nitrogens is 1. The summed E-state index contributed by atoms with van der Waals surface area (Å²) in [6.07, 6.45) is 0. The number of ether oxygens (including phenoxy) is 1. The van der Waals surface area contributed by atoms with E-state index < -0.39 is 0 Å². The molecule has 0 aliphatic heterocycles. The highest BCUT2D eigenvalue weighted by Gasteiger charge is 2.19. The summed E-state index contributed by atoms with van der Waals surface area (Å²) in [7, 11) is 1.63. The Morgan fingerprint density at radius 2 is 2.06 bits per heavy atom. The molecule has 0 bridgehead atoms. The maximum absolute atomic E-state index is 12.1. The number of aryl methyl sites for hydroxylation is 1. The smallest absolute Gasteiger partial charge is 0.265 e. The molecular formula is C11H18N2O2S. The fraction of sp³-hybridized carbons (Fsp3) is 0.636. The first-order chi connectivity index (χ1) is 7.63. The molecule has 0 spiro atoms. The van der Waals surface area contributed by atoms with Crippen LogP contribution in [0.1, 0.15) is 34.2 Å². The van der Waals surface area contributed by atoms with Gasteiger partial charge in [-0.1, -0.05) is 0 Å². The quantitative estimate of drug-likeness (QED) is 0.794. The second-order valence-electron chi connectivity index (χ2n) is 3.43. The van der Waals surface area contributed by atoms with Gasteiger partial charge < -0.3 is 9.64 Å². The number of carbonyl (C=O) groups excluding carboxylic acids is 1. The van der Waals surface area contributed by atoms with Crippen LogP contribution in [0.15, 0.2) is 0 Å². The highest BCUT2D eigenvalue weighted by Crippen LogP contribution is 2.20. The third kappa shape index (κ3) is 2.80. The van der Waals surface area contributed by atoms with E-state index in [0.29, 0.717) is 6.61 Å². The van der Waals surface area contributed by atoms with E-state index in [2.05, 4.69) is 4.98 Å². The van der Waals surface area contributed by atoms with Crippen LogP contribution in [0.2, 0.25) is 0 Å². The topological polar surface area (TPSA) is 42.4 Å². The molecule has 0 fully saturated rings. The average molecular weight is 242 g/mol. The van der Waals surface area contributed by atoms with Gasteiger partial charge in [-0.25, -0.2) is 4.98 Å². The molecule has 5 heteroatoms. The lowest BCUT2D eigenvalue weighted by Crippen LogP contribution is -2.30. The summed E-state index contributed by atoms with van der Waals surface area (Å²) in [6, 6.07) is 0. The van der Waals surface area contributed by atoms with Crippen molar-refractivity contribution in [3.8, 4) is 0 Å². The third-order valence-corrected chi connectivity index (χ3v) is 3.47. The Morgan fingerprint density at radius 1 is 1.44 bits per heavy atom. The predicted molar refractivity (Wildman–Crippen MR) is 64.8 cm³/mol. The molecule has 1 heterocycles. The number of hydrogen-bond acceptors (Lipinski definition) is 4. The van der Waals surface area contributed by atoms with E-state index in [4.69, 9.17) is 4.74 Å². The molecule has 1 aromatic rings. The highest BCUT2D eigenvalue weighted by molar-refractivity contribution is 7.13. The Labute approximate surface area is 100 Å². The molecule has 0 aliphatic rings. The minimum Gasteiger partial charge on any atom is -0.378 e. The monoisotopic (exact) mass is 242 g/mol. The normalized spacial score (nSPS) is 10.5. The van der Waals surface area contributed by atoms with Gasteiger partial charge in [0.15, 0.2) is 0 Å². The Morgan fingerprint density at radius 3 is 2.56 bits per heavy atom. The van der Waals surface area contributed by atoms with E-state index >= 15 is 0 Å². The van der Waals surface area contributed by atoms with Crippen molar-refractivity contribution in [2.24, 2.45) is 0 Å². The minimum atomic E-state index is 0.0716. The zero-order valence-corrected chi connectivity index (χ0v) is 11.1. The van der Waals surface area contributed by atoms with Crippen molar-refractivity contribution in [1.82, 2.24) is 9.88 Å². The number of nitrogens with zero attached hydrogens (tertiary/aromatic N) is 2. The summed E-state index contributed by atoms with van der Waals surface area (Å²) in [6.45, 7) is 7.75. The number of carbonyl (C=O) groups is 1. The number of thiazole rings is 1. The molecule has 4 nitrogen and oxygen atoms in total. The molecule has 0 saturated carbocycles. The van der Waals surface area contributed by atoms with Crippen molar-refractivity contribution in [2.75, 3.05) is 20.2 Å². The van der Waals surface area contributed by atoms with Crippen LogP contribution in [0.25, 0.3) is 0 Å². The molecule has 16 heavy (non-hydrogen) atoms. The molecule has 0 unspecified atom stereocenters. The van der Waals surface area contributed by atoms with E-state index in [-0.39, 0.29) is 5.91 Å². The maximum Gasteiger partial charge on any atom is 0.265 e. The molecule has 0 N–H and O–H groups in total. The van der Waals surface area contributed by atoms with Gasteiger partial charge in [0.05, 0.1) is 12.3 Å². The standard InChI is InChI=1S/C11H18N2O2S/c1-5-13(6-2)11(14)10-8(3)12-9(16-10)7-15-4/h5-7H2,1-4H3. The van der Waals surface area contributed by atoms with Crippen LogP contribution in [-0.4, -0.2) is 36.0 Å². The van der Waals surface area contributed by atoms with Gasteiger partial charge in [0.1, 0.15) is 9.88 Å². The zero-order valence-electron chi connectivity index (χ0n) is 10.2. The van der Waals surface area contributed by atoms with Crippen LogP contribution in [0, 0.1) is 6.92 Å². The highest BCUT2D eigenvalue weighted by atomic mass is 32.1. The SMILES string of the molecule is CCN(CC)C(=O)c1sc(COC)nc1C. The minimum absolute atomic E-state index is 0.0716. The van der Waals surface area contributed by atoms with E-state index in [9.17, 15) is 4.79 Å². The van der Waals surface area contributed by atoms with Crippen LogP contribution in [0.4, 0.5) is 0 Å². The maximum atomic E-state index is 12.1. The lowest BCUT2D eigenvalue weighted by molar-refractivity contribution is 0.0777. The Balaban J connectivity index is 2.90. The van der Waals surface area contributed by atoms with Crippen LogP contribution in [0.3, 0.4) is 0 Å². The first-order valence-electron chi connectivity index (χ1n) is 5.38. The van der Waals surface area contributed by atoms with Crippen LogP contribution < -0.4 is 0 Å². The molecule has 0 aliphatic carbocycles. The fourth-order valence-electron chi connectivity index (χ4n) is 1.49. The summed E-state index contributed by atoms with van der Waals surface area (Å²) in [5.41, 5.74) is 0.800. The van der Waals surface area contributed by atoms with Gasteiger partial charge in [-0.3, -0.25) is 4.79 Å². The summed E-state index contributed by atoms with van der Waals surface area (Å²) in [5, 5.41) is 0.857. The molecule has 1 rings (SSSR count). The molecule has 0 atom stereocenters. The van der Waals surface area contributed by atoms with Gasteiger partial charge in [-0.2, -0.15) is 0 Å². The molecule has 0 aromatic carbocycles. The van der Waals surface area contributed by atoms with Crippen molar-refractivity contribution >= 4 is 17.2 Å². The largest absolute Gasteiger partial charge is 0.378 e. The van der Waals surface area contributed by atoms with E-state index in [0.717, 1.165) is 28.7 Å². The van der Waals surface area contributed by atoms with Crippen molar-refractivity contribution in [3.63, 3.8) is 0 Å². The van der Waals surface area contributed by atoms with Crippen LogP contribution >= 0.6 is 11.3 Å². The van der Waals surface area contributed by atoms with Gasteiger partial charge >= 0.3 is 0 Å². The number of methoxy groups -OCH3 is 1. The van der Waals surface area contributed by atoms with Gasteiger partial charge in [0.2, 0.25) is 0 Å². The van der Waals surface area contributed by atoms with Gasteiger partial charge in [-0.05, 0) is 20.8 Å². The Hall–Kier alpha value is -0.940. The lowest BCUT2D eigenvalue weighted by atomic mass is 10.3. The molecule has 90 valence electrons. The summed E-state index contributed by atoms with van der Waals surface area (Å²) in [4.78, 5) is 19.0. The Bertz CT molecular complexity index is 359. The first-order valence-corrected chi connectivity index (χ1v) is 6.20. The van der Waals surface area contributed by atoms with E-state index in [1.165, 1.54) is 11.3 Å². The molecule has 0 radical (unpaired) electrons. The second-order valence-corrected chi connectivity index (χ2v) is 4.52. The van der Waals surface area contributed by atoms with Crippen molar-refractivity contribution in [3.05, 3.63) is 15.6 Å². The molecule has 0 saturated heterocycles. The number of rotatable bonds is 5. The van der Waals surface area contributed by atoms with E-state index in [1.54, 1.807) is 12.0 Å². The summed E-state index contributed by atoms with van der Waals surface area (Å²) in [5.74, 6) is 0.0716. The predicted octanol–water partition coefficient (Wildman–Crippen LogP) is 2.08. The third-order valence-electron chi connectivity index (χ3n) is 2.35. The van der Waals surface area contributed by atoms with Crippen LogP contribution in [-0.2, 0) is 11.3 Å². The lowest BCUT2D eigenvalue weighted by Gasteiger charge is -2.17. The Kier molecular flexibility index (Phi) is 4.89. The summed E-state index contributed by atoms with van der Waals surface area (Å²) >= 11 is 1.42. The first kappa shape index (κ1) is 13.1. The zero-order chi connectivity index (χ0) is 12.1. The second kappa shape index (κ2) is 5.96. The van der Waals surface area contributed by atoms with Crippen molar-refractivity contribution in [2.45, 2.75) is 27.4 Å². The molecular weight excluding hydrogens is 224 g/mol. The molecule has 1 aromatic heterocycles. The van der Waals surface area contributed by atoms with Crippen molar-refractivity contribution < 1.29 is 9.53 Å². The van der Waals surface area contributed by atoms with E-state index in [1.807, 2.05) is 20.8 Å². The van der Waals surface area contributed by atoms with Gasteiger partial charge in [-0.15, -0.1) is 11.3 Å². The van der Waals surface area contributed by atoms with Gasteiger partial charge in [0, 0.05) is 20.2 Å². The summed E-state index contributed by atoms with van der Waals surface area (Å²) < 4.78 is 5.01. The van der Waals surface area contributed by atoms with Crippen molar-refractivity contribution in [1.29, 1.82) is 0 Å². The average Bonchev–Trinajstić information content (AvgIpc) is 2.61. The number of amides is 1. The fourth-order valence-corrected chi connectivity index (χ4v) is 2.50. The van der Waals surface area contributed by atoms with Crippen LogP contribution in [0.5, 0.6) is 0 Å². The number of hydrogen-bond donors (Lipinski definition) is 0.